The van der Waals surface area contributed by atoms with Gasteiger partial charge in [-0.1, -0.05) is 101 Å². The molecular formula is C92H154O46. The van der Waals surface area contributed by atoms with Gasteiger partial charge in [0, 0.05) is 19.4 Å². The molecule has 0 aromatic rings. The second-order valence-electron chi connectivity index (χ2n) is 41.9. The highest BCUT2D eigenvalue weighted by Crippen LogP contribution is 2.76. The molecular weight excluding hydrogens is 1840 g/mol. The number of hydrogen-bond acceptors (Lipinski definition) is 45. The van der Waals surface area contributed by atoms with E-state index < -0.39 is 372 Å². The summed E-state index contributed by atoms with van der Waals surface area (Å²) < 4.78 is 88.9. The number of carbonyl (C=O) groups excluding carboxylic acids is 4. The molecule has 0 amide bonds. The molecule has 0 aromatic heterocycles. The number of aliphatic carboxylic acids is 1. The first-order valence-corrected chi connectivity index (χ1v) is 48.1. The number of hydrogen-bond donors (Lipinski definition) is 26. The maximum Gasteiger partial charge on any atom is 0.335 e. The van der Waals surface area contributed by atoms with Gasteiger partial charge in [-0.25, -0.2) is 4.79 Å². The van der Waals surface area contributed by atoms with Crippen LogP contribution >= 0.6 is 0 Å². The van der Waals surface area contributed by atoms with Crippen LogP contribution in [0.25, 0.3) is 0 Å². The zero-order valence-corrected chi connectivity index (χ0v) is 80.3. The largest absolute Gasteiger partial charge is 0.479 e. The molecule has 138 heavy (non-hydrogen) atoms. The SMILES string of the molecule is CCC(OC1OCC(O)C(OC2OCC(O)(CO)C2O)C1O)C(O)C(O)C(O)OC1C(OC(=O)[C@]23CCC(C)(C)CC2C2=CCC4[C@@]5(C)CC[C@H](OC6OC(C(=O)O)C(O)C(OC(O)C(O)C(O)C(C)O)C6OC(O)C(O)C(O)C(O)CCO)[C@@](C)(C=O)C5CC[C@@]4(C)[C@]2(C)C[C@H]3O)OC(C)C(O)C1OC(=O)C[C@@H](O)C[C@H](OC(=O)C[C@@H](O)C[C@H](OC1OC(CO)C(O)C1O)[C@@H](C)CC)[C@@H](C)CC. The molecule has 26 N–H and O–H groups in total. The third-order valence-electron chi connectivity index (χ3n) is 32.3. The van der Waals surface area contributed by atoms with Gasteiger partial charge in [-0.15, -0.1) is 0 Å². The number of carbonyl (C=O) groups is 5. The van der Waals surface area contributed by atoms with Crippen LogP contribution in [0.2, 0.25) is 0 Å². The molecule has 9 fully saturated rings. The monoisotopic (exact) mass is 1990 g/mol. The molecule has 0 aromatic carbocycles. The molecule has 46 nitrogen and oxygen atoms in total. The van der Waals surface area contributed by atoms with Crippen LogP contribution in [-0.2, 0) is 95.0 Å². The maximum atomic E-state index is 16.4. The van der Waals surface area contributed by atoms with E-state index in [1.54, 1.807) is 27.7 Å². The lowest BCUT2D eigenvalue weighted by Gasteiger charge is -2.71. The molecule has 4 saturated carbocycles. The predicted octanol–water partition coefficient (Wildman–Crippen LogP) is -5.74. The molecule has 5 aliphatic carbocycles. The van der Waals surface area contributed by atoms with Crippen LogP contribution < -0.4 is 0 Å². The Bertz CT molecular complexity index is 3950. The zero-order chi connectivity index (χ0) is 103. The number of ether oxygens (including phenoxy) is 15. The third-order valence-corrected chi connectivity index (χ3v) is 32.3. The normalized spacial score (nSPS) is 42.0. The first-order valence-electron chi connectivity index (χ1n) is 48.1. The molecule has 36 unspecified atom stereocenters. The van der Waals surface area contributed by atoms with Crippen LogP contribution in [0.1, 0.15) is 199 Å². The first-order chi connectivity index (χ1) is 64.5. The lowest BCUT2D eigenvalue weighted by Crippen LogP contribution is -2.69. The maximum absolute atomic E-state index is 16.4. The molecule has 5 saturated heterocycles. The van der Waals surface area contributed by atoms with Gasteiger partial charge >= 0.3 is 23.9 Å². The van der Waals surface area contributed by atoms with Crippen LogP contribution in [0, 0.1) is 62.1 Å². The Labute approximate surface area is 799 Å². The van der Waals surface area contributed by atoms with Gasteiger partial charge in [-0.05, 0) is 136 Å². The minimum atomic E-state index is -2.70. The van der Waals surface area contributed by atoms with Crippen molar-refractivity contribution in [2.24, 2.45) is 62.1 Å². The number of esters is 3. The van der Waals surface area contributed by atoms with Crippen molar-refractivity contribution in [3.63, 3.8) is 0 Å². The van der Waals surface area contributed by atoms with Crippen LogP contribution in [0.15, 0.2) is 11.6 Å². The van der Waals surface area contributed by atoms with Crippen molar-refractivity contribution in [3.8, 4) is 0 Å². The second-order valence-corrected chi connectivity index (χ2v) is 41.9. The van der Waals surface area contributed by atoms with Crippen LogP contribution in [0.4, 0.5) is 0 Å². The van der Waals surface area contributed by atoms with Gasteiger partial charge in [0.15, 0.2) is 62.3 Å². The van der Waals surface area contributed by atoms with E-state index in [-0.39, 0.29) is 63.2 Å². The van der Waals surface area contributed by atoms with E-state index in [4.69, 9.17) is 71.1 Å². The highest BCUT2D eigenvalue weighted by atomic mass is 16.8. The summed E-state index contributed by atoms with van der Waals surface area (Å²) >= 11 is 0. The van der Waals surface area contributed by atoms with Gasteiger partial charge in [-0.3, -0.25) is 14.4 Å². The minimum Gasteiger partial charge on any atom is -0.479 e. The number of fused-ring (bicyclic) bond motifs is 7. The molecule has 798 valence electrons. The molecule has 0 spiro atoms. The minimum absolute atomic E-state index is 0.0418. The topological polar surface area (TPSA) is 750 Å². The Hall–Kier alpha value is -4.19. The van der Waals surface area contributed by atoms with Crippen LogP contribution in [0.3, 0.4) is 0 Å². The quantitative estimate of drug-likeness (QED) is 0.00674. The molecule has 10 aliphatic rings. The van der Waals surface area contributed by atoms with Gasteiger partial charge in [0.1, 0.15) is 127 Å². The summed E-state index contributed by atoms with van der Waals surface area (Å²) in [5, 5.41) is 288. The average molecular weight is 2000 g/mol. The van der Waals surface area contributed by atoms with E-state index in [1.807, 2.05) is 40.7 Å². The fourth-order valence-corrected chi connectivity index (χ4v) is 23.0. The number of carboxylic acid groups (broad SMARTS) is 1. The second kappa shape index (κ2) is 47.3. The molecule has 49 atom stereocenters. The molecule has 5 heterocycles. The molecule has 0 bridgehead atoms. The summed E-state index contributed by atoms with van der Waals surface area (Å²) in [6.45, 7) is 19.0. The number of aliphatic hydroxyl groups is 25. The number of aldehydes is 1. The van der Waals surface area contributed by atoms with E-state index in [0.29, 0.717) is 38.4 Å². The van der Waals surface area contributed by atoms with Crippen molar-refractivity contribution >= 4 is 30.2 Å². The van der Waals surface area contributed by atoms with E-state index in [9.17, 15) is 152 Å². The number of rotatable bonds is 46. The summed E-state index contributed by atoms with van der Waals surface area (Å²) in [5.74, 6) is -7.89. The fourth-order valence-electron chi connectivity index (χ4n) is 23.0. The summed E-state index contributed by atoms with van der Waals surface area (Å²) in [5.41, 5.74) is -8.16. The molecule has 0 radical (unpaired) electrons. The van der Waals surface area contributed by atoms with E-state index in [2.05, 4.69) is 6.92 Å². The Balaban J connectivity index is 0.926. The summed E-state index contributed by atoms with van der Waals surface area (Å²) in [7, 11) is 0. The smallest absolute Gasteiger partial charge is 0.335 e. The van der Waals surface area contributed by atoms with Gasteiger partial charge < -0.3 is 209 Å². The molecule has 10 rings (SSSR count). The van der Waals surface area contributed by atoms with Gasteiger partial charge in [0.05, 0.1) is 99.6 Å². The number of aliphatic hydroxyl groups excluding tert-OH is 24. The van der Waals surface area contributed by atoms with Crippen molar-refractivity contribution in [2.45, 2.75) is 438 Å². The predicted molar refractivity (Wildman–Crippen MR) is 464 cm³/mol. The summed E-state index contributed by atoms with van der Waals surface area (Å²) in [6.07, 6.45) is -71.2. The zero-order valence-electron chi connectivity index (χ0n) is 80.3. The van der Waals surface area contributed by atoms with Crippen molar-refractivity contribution in [3.05, 3.63) is 11.6 Å². The number of allylic oxidation sites excluding steroid dienone is 2. The Morgan fingerprint density at radius 3 is 1.71 bits per heavy atom. The summed E-state index contributed by atoms with van der Waals surface area (Å²) in [4.78, 5) is 72.2. The Morgan fingerprint density at radius 1 is 0.551 bits per heavy atom. The van der Waals surface area contributed by atoms with Crippen LogP contribution in [-0.4, -0.2) is 435 Å². The third kappa shape index (κ3) is 24.0. The highest BCUT2D eigenvalue weighted by Gasteiger charge is 2.73. The van der Waals surface area contributed by atoms with Gasteiger partial charge in [-0.2, -0.15) is 0 Å². The van der Waals surface area contributed by atoms with Crippen LogP contribution in [0.5, 0.6) is 0 Å². The van der Waals surface area contributed by atoms with E-state index in [1.165, 1.54) is 13.8 Å². The Morgan fingerprint density at radius 2 is 1.14 bits per heavy atom. The van der Waals surface area contributed by atoms with E-state index >= 15 is 4.79 Å². The lowest BCUT2D eigenvalue weighted by molar-refractivity contribution is -0.370. The highest BCUT2D eigenvalue weighted by molar-refractivity contribution is 5.80. The number of carboxylic acids is 1. The first kappa shape index (κ1) is 116. The van der Waals surface area contributed by atoms with Crippen molar-refractivity contribution < 1.29 is 228 Å². The summed E-state index contributed by atoms with van der Waals surface area (Å²) in [6, 6.07) is 0. The molecule has 46 heteroatoms. The average Bonchev–Trinajstić information content (AvgIpc) is 0.755. The molecule has 5 aliphatic heterocycles. The fraction of sp³-hybridized carbons (Fsp3) is 0.924. The van der Waals surface area contributed by atoms with Gasteiger partial charge in [0.25, 0.3) is 0 Å². The Kier molecular flexibility index (Phi) is 39.7. The van der Waals surface area contributed by atoms with Crippen molar-refractivity contribution in [1.82, 2.24) is 0 Å². The van der Waals surface area contributed by atoms with Gasteiger partial charge in [0.2, 0.25) is 6.29 Å². The van der Waals surface area contributed by atoms with Crippen molar-refractivity contribution in [1.29, 1.82) is 0 Å². The van der Waals surface area contributed by atoms with E-state index in [0.717, 1.165) is 12.5 Å². The van der Waals surface area contributed by atoms with Crippen molar-refractivity contribution in [2.75, 3.05) is 33.0 Å². The standard InChI is InChI=1S/C92H154O46/c1-14-38(4)49(127-56(103)29-43(99)28-50(39(5)15-2)129-81-66(113)62(109)51(33-94)130-81)27-42(98)30-57(104)132-70-59(106)41(7)126-82(73(70)134-79(121)65(112)61(108)48(16-3)128-80-68(115)69(47(101)34-124-80)136-84-75(116)91(123,36-96)37-125-84)138-85(122)92-25-24-86(8,9)31-45(92)44-17-18-53-87(10)22-20-55(88(11,35-95)52(87)19-23-89(53,12)90(44,13)32-54(92)102)131-83-74(135-78(120)64(111)60(107)46(100)21-26-93)71(67(114)72(137-83)76(117)118)133-77(119)63(110)58(105)40(6)97/h17,35,38-43,45-55,58-75,77-84,93-94,96-102,105-116,119-121,123H,14-16,18-34,36-37H2,1-13H3,(H,117,118)/t38-,39-,40?,41?,42-,43-,45?,46?,47?,48?,49-,50-,51?,52?,53?,54+,55-,58?,59?,60?,61?,62?,63?,64?,65?,66?,67?,68?,69?,70?,71?,72?,73?,74?,75?,77?,78?,79?,80?,81?,82?,83?,84?,87-,88-,89+,90+,91?,92+/m0/s1. The lowest BCUT2D eigenvalue weighted by atomic mass is 9.33.